The molecule has 230 valence electrons. The van der Waals surface area contributed by atoms with E-state index in [0.717, 1.165) is 66.6 Å². The number of aliphatic carboxylic acids is 2. The Labute approximate surface area is 272 Å². The average Bonchev–Trinajstić information content (AvgIpc) is 3.59. The first-order chi connectivity index (χ1) is 20.4. The van der Waals surface area contributed by atoms with Crippen molar-refractivity contribution in [3.05, 3.63) is 89.1 Å². The van der Waals surface area contributed by atoms with Gasteiger partial charge in [-0.25, -0.2) is 4.99 Å². The molecule has 3 aromatic heterocycles. The maximum Gasteiger partial charge on any atom is 2.00 e. The monoisotopic (exact) mass is 651 g/mol. The van der Waals surface area contributed by atoms with E-state index in [1.807, 2.05) is 71.9 Å². The molecule has 2 aliphatic heterocycles. The van der Waals surface area contributed by atoms with E-state index >= 15 is 0 Å². The van der Waals surface area contributed by atoms with Crippen LogP contribution in [0.15, 0.2) is 27.9 Å². The Morgan fingerprint density at radius 3 is 2.02 bits per heavy atom. The Kier molecular flexibility index (Phi) is 9.88. The number of nitrogens with zero attached hydrogens (tertiary/aromatic N) is 4. The third-order valence-electron chi connectivity index (χ3n) is 8.36. The number of hydrogen-bond donors (Lipinski definition) is 3. The molecule has 0 aromatic carbocycles. The second-order valence-corrected chi connectivity index (χ2v) is 11.9. The van der Waals surface area contributed by atoms with Crippen LogP contribution < -0.4 is 36.3 Å². The van der Waals surface area contributed by atoms with E-state index in [9.17, 15) is 19.8 Å². The third kappa shape index (κ3) is 6.25. The topological polar surface area (TPSA) is 129 Å². The Morgan fingerprint density at radius 1 is 0.818 bits per heavy atom. The summed E-state index contributed by atoms with van der Waals surface area (Å²) in [5.41, 5.74) is 10.4. The van der Waals surface area contributed by atoms with Crippen molar-refractivity contribution in [3.63, 3.8) is 0 Å². The van der Waals surface area contributed by atoms with Crippen LogP contribution in [0.2, 0.25) is 0 Å². The van der Waals surface area contributed by atoms with Gasteiger partial charge in [0.15, 0.2) is 0 Å². The van der Waals surface area contributed by atoms with Gasteiger partial charge in [0.2, 0.25) is 0 Å². The molecule has 0 saturated carbocycles. The molecule has 8 nitrogen and oxygen atoms in total. The van der Waals surface area contributed by atoms with Gasteiger partial charge in [-0.1, -0.05) is 58.2 Å². The van der Waals surface area contributed by atoms with Crippen LogP contribution >= 0.6 is 12.6 Å². The van der Waals surface area contributed by atoms with E-state index in [1.54, 1.807) is 0 Å². The minimum Gasteiger partial charge on any atom is -0.657 e. The van der Waals surface area contributed by atoms with Gasteiger partial charge in [-0.3, -0.25) is 9.59 Å². The van der Waals surface area contributed by atoms with E-state index in [0.29, 0.717) is 34.9 Å². The fraction of sp³-hybridized carbons (Fsp3) is 0.324. The maximum absolute atomic E-state index is 11.6. The minimum absolute atomic E-state index is 0. The van der Waals surface area contributed by atoms with Crippen LogP contribution in [0.1, 0.15) is 83.6 Å². The van der Waals surface area contributed by atoms with Crippen LogP contribution in [-0.4, -0.2) is 27.9 Å². The summed E-state index contributed by atoms with van der Waals surface area (Å²) in [6.45, 7) is 12.0. The molecule has 0 radical (unpaired) electrons. The number of hydrogen-bond acceptors (Lipinski definition) is 4. The molecule has 5 rings (SSSR count). The zero-order chi connectivity index (χ0) is 31.2. The number of carbonyl (C=O) groups is 2. The molecule has 1 atom stereocenters. The van der Waals surface area contributed by atoms with Crippen LogP contribution in [-0.2, 0) is 39.5 Å². The van der Waals surface area contributed by atoms with E-state index < -0.39 is 11.9 Å². The number of rotatable bonds is 7. The van der Waals surface area contributed by atoms with E-state index in [-0.39, 0.29) is 35.2 Å². The molecule has 0 saturated heterocycles. The molecule has 3 aromatic rings. The fourth-order valence-electron chi connectivity index (χ4n) is 5.99. The largest absolute Gasteiger partial charge is 2.00 e. The summed E-state index contributed by atoms with van der Waals surface area (Å²) in [6, 6.07) is 0. The van der Waals surface area contributed by atoms with Crippen molar-refractivity contribution in [3.8, 4) is 0 Å². The maximum atomic E-state index is 11.6. The van der Waals surface area contributed by atoms with Gasteiger partial charge in [0.25, 0.3) is 0 Å². The molecule has 0 unspecified atom stereocenters. The standard InChI is InChI=1S/C34H37N4O4S.Fe/c1-7-21-16(2)24-12-25-17(3)22(8-10-32(39)40)29(36-25)15-30-23(9-11-33(41)42)18(4)26(37-30)14-31-34(20(6)43)19(5)27(38-31)13-28(21)35-24;/h7,12-15,20H,8-11H2,1-6H3,(H5-,35,36,37,38,39,40,41,42,43);/q-1;+2/p-2/b21-7-,25-12-;/t20-;/m0./s1. The van der Waals surface area contributed by atoms with Crippen LogP contribution in [0.3, 0.4) is 0 Å². The van der Waals surface area contributed by atoms with Crippen molar-refractivity contribution in [1.29, 1.82) is 0 Å². The van der Waals surface area contributed by atoms with E-state index in [4.69, 9.17) is 32.6 Å². The second-order valence-electron chi connectivity index (χ2n) is 11.1. The molecule has 5 heterocycles. The average molecular weight is 652 g/mol. The first-order valence-electron chi connectivity index (χ1n) is 14.4. The fourth-order valence-corrected chi connectivity index (χ4v) is 6.32. The second kappa shape index (κ2) is 13.1. The van der Waals surface area contributed by atoms with Crippen molar-refractivity contribution in [2.75, 3.05) is 0 Å². The van der Waals surface area contributed by atoms with Crippen LogP contribution in [0.5, 0.6) is 0 Å². The number of fused-ring (bicyclic) bond motifs is 7. The normalized spacial score (nSPS) is 18.6. The van der Waals surface area contributed by atoms with Gasteiger partial charge in [0.05, 0.1) is 11.4 Å². The predicted octanol–water partition coefficient (Wildman–Crippen LogP) is 2.41. The zero-order valence-electron chi connectivity index (χ0n) is 25.6. The van der Waals surface area contributed by atoms with Crippen LogP contribution in [0, 0.1) is 20.8 Å². The van der Waals surface area contributed by atoms with Gasteiger partial charge in [-0.05, 0) is 65.5 Å². The summed E-state index contributed by atoms with van der Waals surface area (Å²) in [6.07, 6.45) is 10.3. The molecule has 2 aliphatic rings. The third-order valence-corrected chi connectivity index (χ3v) is 8.62. The SMILES string of the molecule is C/C=C1C2=NC(=C\1C)/C=c1\[n-]/c(c(CCC(=O)O)c1C)=C\c1[n-]c(c(C)c1CCC(=O)O)/C=c1\[n-]/c(c(C)c1[C@H](C)S)=C\2.[Fe+2]. The Hall–Kier alpha value is -3.72. The van der Waals surface area contributed by atoms with Gasteiger partial charge < -0.3 is 25.2 Å². The summed E-state index contributed by atoms with van der Waals surface area (Å²) < 4.78 is 0. The van der Waals surface area contributed by atoms with Gasteiger partial charge in [0.1, 0.15) is 0 Å². The summed E-state index contributed by atoms with van der Waals surface area (Å²) in [5, 5.41) is 21.8. The summed E-state index contributed by atoms with van der Waals surface area (Å²) >= 11 is 4.78. The molecule has 10 heteroatoms. The molecular weight excluding hydrogens is 616 g/mol. The smallest absolute Gasteiger partial charge is 0.657 e. The summed E-state index contributed by atoms with van der Waals surface area (Å²) in [5.74, 6) is -1.78. The molecule has 2 N–H and O–H groups in total. The van der Waals surface area contributed by atoms with Crippen molar-refractivity contribution in [1.82, 2.24) is 15.0 Å². The Bertz CT molecular complexity index is 2020. The number of allylic oxidation sites excluding steroid dienone is 4. The number of aromatic nitrogens is 3. The molecule has 0 spiro atoms. The molecule has 8 bridgehead atoms. The van der Waals surface area contributed by atoms with Gasteiger partial charge >= 0.3 is 29.0 Å². The number of thiol groups is 1. The van der Waals surface area contributed by atoms with Crippen molar-refractivity contribution >= 4 is 54.6 Å². The first kappa shape index (κ1) is 33.2. The van der Waals surface area contributed by atoms with Gasteiger partial charge in [0, 0.05) is 23.7 Å². The predicted molar refractivity (Wildman–Crippen MR) is 171 cm³/mol. The van der Waals surface area contributed by atoms with E-state index in [2.05, 4.69) is 0 Å². The van der Waals surface area contributed by atoms with Crippen LogP contribution in [0.4, 0.5) is 0 Å². The minimum atomic E-state index is -0.892. The Balaban J connectivity index is 0.00000442. The van der Waals surface area contributed by atoms with Gasteiger partial charge in [-0.15, -0.1) is 32.8 Å². The quantitative estimate of drug-likeness (QED) is 0.265. The molecule has 0 amide bonds. The molecule has 0 aliphatic carbocycles. The molecular formula is C34H35FeN4O4S-. The molecule has 0 fully saturated rings. The zero-order valence-corrected chi connectivity index (χ0v) is 27.6. The summed E-state index contributed by atoms with van der Waals surface area (Å²) in [7, 11) is 0. The number of carboxylic acid groups (broad SMARTS) is 2. The summed E-state index contributed by atoms with van der Waals surface area (Å²) in [4.78, 5) is 43.0. The Morgan fingerprint density at radius 2 is 1.41 bits per heavy atom. The van der Waals surface area contributed by atoms with Crippen LogP contribution in [0.25, 0.3) is 24.3 Å². The van der Waals surface area contributed by atoms with Crippen molar-refractivity contribution in [2.24, 2.45) is 4.99 Å². The molecule has 44 heavy (non-hydrogen) atoms. The number of carboxylic acids is 2. The number of aliphatic imine (C=N–C) groups is 1. The van der Waals surface area contributed by atoms with Crippen molar-refractivity contribution < 1.29 is 36.9 Å². The van der Waals surface area contributed by atoms with Gasteiger partial charge in [-0.2, -0.15) is 12.6 Å². The van der Waals surface area contributed by atoms with E-state index in [1.165, 1.54) is 0 Å². The van der Waals surface area contributed by atoms with Crippen molar-refractivity contribution in [2.45, 2.75) is 72.5 Å². The first-order valence-corrected chi connectivity index (χ1v) is 14.9.